The van der Waals surface area contributed by atoms with Crippen molar-refractivity contribution in [2.24, 2.45) is 0 Å². The van der Waals surface area contributed by atoms with Crippen molar-refractivity contribution in [3.63, 3.8) is 0 Å². The number of ether oxygens (including phenoxy) is 1. The summed E-state index contributed by atoms with van der Waals surface area (Å²) in [5.74, 6) is 2.50. The molecule has 0 radical (unpaired) electrons. The molecule has 2 nitrogen and oxygen atoms in total. The van der Waals surface area contributed by atoms with Gasteiger partial charge < -0.3 is 9.64 Å². The molecule has 1 aromatic rings. The lowest BCUT2D eigenvalue weighted by molar-refractivity contribution is 0.0596. The van der Waals surface area contributed by atoms with Gasteiger partial charge in [-0.1, -0.05) is 29.1 Å². The number of terminal acetylenes is 1. The highest BCUT2D eigenvalue weighted by Gasteiger charge is 2.20. The highest BCUT2D eigenvalue weighted by atomic mass is 35.5. The fourth-order valence-electron chi connectivity index (χ4n) is 2.17. The third kappa shape index (κ3) is 3.55. The standard InChI is InChI=1S/C14H15Cl2NO/c1-2-7-18-14-3-5-17(6-4-14)13-9-11(15)8-12(16)10-13/h1,8-10,14H,3-7H2. The van der Waals surface area contributed by atoms with Gasteiger partial charge in [0.05, 0.1) is 6.10 Å². The van der Waals surface area contributed by atoms with Crippen LogP contribution < -0.4 is 4.90 Å². The molecule has 0 amide bonds. The van der Waals surface area contributed by atoms with E-state index in [-0.39, 0.29) is 6.10 Å². The lowest BCUT2D eigenvalue weighted by Crippen LogP contribution is -2.37. The largest absolute Gasteiger partial charge is 0.371 e. The van der Waals surface area contributed by atoms with Crippen molar-refractivity contribution < 1.29 is 4.74 Å². The maximum atomic E-state index is 6.01. The molecule has 1 aliphatic heterocycles. The highest BCUT2D eigenvalue weighted by molar-refractivity contribution is 6.35. The van der Waals surface area contributed by atoms with Crippen LogP contribution in [0.15, 0.2) is 18.2 Å². The van der Waals surface area contributed by atoms with Crippen LogP contribution in [0.4, 0.5) is 5.69 Å². The van der Waals surface area contributed by atoms with E-state index < -0.39 is 0 Å². The molecular weight excluding hydrogens is 269 g/mol. The number of anilines is 1. The van der Waals surface area contributed by atoms with Gasteiger partial charge in [-0.05, 0) is 31.0 Å². The number of nitrogens with zero attached hydrogens (tertiary/aromatic N) is 1. The van der Waals surface area contributed by atoms with Crippen molar-refractivity contribution in [3.8, 4) is 12.3 Å². The Morgan fingerprint density at radius 3 is 2.39 bits per heavy atom. The van der Waals surface area contributed by atoms with Crippen LogP contribution in [-0.4, -0.2) is 25.8 Å². The van der Waals surface area contributed by atoms with Crippen molar-refractivity contribution in [1.29, 1.82) is 0 Å². The Labute approximate surface area is 118 Å². The van der Waals surface area contributed by atoms with Gasteiger partial charge in [-0.2, -0.15) is 0 Å². The van der Waals surface area contributed by atoms with Crippen LogP contribution in [-0.2, 0) is 4.74 Å². The van der Waals surface area contributed by atoms with E-state index in [0.717, 1.165) is 31.6 Å². The van der Waals surface area contributed by atoms with E-state index in [4.69, 9.17) is 34.4 Å². The fourth-order valence-corrected chi connectivity index (χ4v) is 2.68. The van der Waals surface area contributed by atoms with Gasteiger partial charge in [0.2, 0.25) is 0 Å². The van der Waals surface area contributed by atoms with E-state index in [9.17, 15) is 0 Å². The Morgan fingerprint density at radius 1 is 1.22 bits per heavy atom. The Bertz CT molecular complexity index is 427. The minimum atomic E-state index is 0.270. The molecule has 1 aromatic carbocycles. The van der Waals surface area contributed by atoms with Gasteiger partial charge in [0.1, 0.15) is 6.61 Å². The van der Waals surface area contributed by atoms with E-state index in [1.165, 1.54) is 0 Å². The summed E-state index contributed by atoms with van der Waals surface area (Å²) >= 11 is 12.0. The summed E-state index contributed by atoms with van der Waals surface area (Å²) in [5.41, 5.74) is 1.07. The van der Waals surface area contributed by atoms with Crippen LogP contribution in [0.25, 0.3) is 0 Å². The van der Waals surface area contributed by atoms with Crippen molar-refractivity contribution in [2.45, 2.75) is 18.9 Å². The van der Waals surface area contributed by atoms with Gasteiger partial charge in [-0.15, -0.1) is 6.42 Å². The Morgan fingerprint density at radius 2 is 1.83 bits per heavy atom. The van der Waals surface area contributed by atoms with E-state index in [0.29, 0.717) is 16.7 Å². The molecule has 0 spiro atoms. The quantitative estimate of drug-likeness (QED) is 0.786. The first-order valence-electron chi connectivity index (χ1n) is 5.95. The molecule has 0 bridgehead atoms. The minimum absolute atomic E-state index is 0.270. The van der Waals surface area contributed by atoms with Crippen molar-refractivity contribution in [1.82, 2.24) is 0 Å². The van der Waals surface area contributed by atoms with Crippen molar-refractivity contribution in [2.75, 3.05) is 24.6 Å². The molecule has 0 aromatic heterocycles. The molecule has 0 aliphatic carbocycles. The number of halogens is 2. The van der Waals surface area contributed by atoms with Crippen molar-refractivity contribution in [3.05, 3.63) is 28.2 Å². The zero-order chi connectivity index (χ0) is 13.0. The Hall–Kier alpha value is -0.880. The molecule has 96 valence electrons. The Balaban J connectivity index is 1.95. The number of benzene rings is 1. The third-order valence-electron chi connectivity index (χ3n) is 3.06. The SMILES string of the molecule is C#CCOC1CCN(c2cc(Cl)cc(Cl)c2)CC1. The van der Waals surface area contributed by atoms with Gasteiger partial charge in [0, 0.05) is 28.8 Å². The second-order valence-electron chi connectivity index (χ2n) is 4.33. The average Bonchev–Trinajstić information content (AvgIpc) is 2.36. The van der Waals surface area contributed by atoms with Gasteiger partial charge >= 0.3 is 0 Å². The molecule has 1 aliphatic rings. The summed E-state index contributed by atoms with van der Waals surface area (Å²) in [6.07, 6.45) is 7.41. The van der Waals surface area contributed by atoms with Crippen LogP contribution in [0, 0.1) is 12.3 Å². The molecular formula is C14H15Cl2NO. The molecule has 0 atom stereocenters. The molecule has 18 heavy (non-hydrogen) atoms. The predicted octanol–water partition coefficient (Wildman–Crippen LogP) is 3.61. The highest BCUT2D eigenvalue weighted by Crippen LogP contribution is 2.28. The number of rotatable bonds is 3. The summed E-state index contributed by atoms with van der Waals surface area (Å²) in [6, 6.07) is 5.63. The summed E-state index contributed by atoms with van der Waals surface area (Å²) in [5, 5.41) is 1.34. The second kappa shape index (κ2) is 6.33. The Kier molecular flexibility index (Phi) is 4.77. The van der Waals surface area contributed by atoms with E-state index >= 15 is 0 Å². The van der Waals surface area contributed by atoms with E-state index in [1.807, 2.05) is 12.1 Å². The monoisotopic (exact) mass is 283 g/mol. The minimum Gasteiger partial charge on any atom is -0.371 e. The van der Waals surface area contributed by atoms with Crippen LogP contribution in [0.5, 0.6) is 0 Å². The second-order valence-corrected chi connectivity index (χ2v) is 5.20. The van der Waals surface area contributed by atoms with Crippen LogP contribution in [0.3, 0.4) is 0 Å². The normalized spacial score (nSPS) is 16.6. The molecule has 1 heterocycles. The van der Waals surface area contributed by atoms with E-state index in [2.05, 4.69) is 10.8 Å². The zero-order valence-electron chi connectivity index (χ0n) is 10.0. The van der Waals surface area contributed by atoms with Crippen LogP contribution in [0.2, 0.25) is 10.0 Å². The summed E-state index contributed by atoms with van der Waals surface area (Å²) in [7, 11) is 0. The summed E-state index contributed by atoms with van der Waals surface area (Å²) in [6.45, 7) is 2.27. The smallest absolute Gasteiger partial charge is 0.107 e. The molecule has 1 saturated heterocycles. The van der Waals surface area contributed by atoms with Crippen LogP contribution in [0.1, 0.15) is 12.8 Å². The topological polar surface area (TPSA) is 12.5 Å². The maximum absolute atomic E-state index is 6.01. The summed E-state index contributed by atoms with van der Waals surface area (Å²) in [4.78, 5) is 2.27. The maximum Gasteiger partial charge on any atom is 0.107 e. The van der Waals surface area contributed by atoms with Gasteiger partial charge in [0.25, 0.3) is 0 Å². The zero-order valence-corrected chi connectivity index (χ0v) is 11.5. The molecule has 4 heteroatoms. The predicted molar refractivity (Wildman–Crippen MR) is 76.5 cm³/mol. The molecule has 0 unspecified atom stereocenters. The van der Waals surface area contributed by atoms with Gasteiger partial charge in [-0.25, -0.2) is 0 Å². The lowest BCUT2D eigenvalue weighted by atomic mass is 10.1. The molecule has 0 N–H and O–H groups in total. The first-order valence-corrected chi connectivity index (χ1v) is 6.71. The molecule has 0 saturated carbocycles. The molecule has 1 fully saturated rings. The summed E-state index contributed by atoms with van der Waals surface area (Å²) < 4.78 is 5.55. The third-order valence-corrected chi connectivity index (χ3v) is 3.49. The first-order chi connectivity index (χ1) is 8.69. The number of hydrogen-bond acceptors (Lipinski definition) is 2. The van der Waals surface area contributed by atoms with Gasteiger partial charge in [0.15, 0.2) is 0 Å². The molecule has 2 rings (SSSR count). The number of hydrogen-bond donors (Lipinski definition) is 0. The fraction of sp³-hybridized carbons (Fsp3) is 0.429. The average molecular weight is 284 g/mol. The first kappa shape index (κ1) is 13.5. The van der Waals surface area contributed by atoms with Crippen molar-refractivity contribution >= 4 is 28.9 Å². The lowest BCUT2D eigenvalue weighted by Gasteiger charge is -2.33. The number of piperidine rings is 1. The van der Waals surface area contributed by atoms with Crippen LogP contribution >= 0.6 is 23.2 Å². The van der Waals surface area contributed by atoms with Gasteiger partial charge in [-0.3, -0.25) is 0 Å². The van der Waals surface area contributed by atoms with E-state index in [1.54, 1.807) is 6.07 Å².